The van der Waals surface area contributed by atoms with E-state index in [1.165, 1.54) is 6.07 Å². The van der Waals surface area contributed by atoms with E-state index in [-0.39, 0.29) is 4.88 Å². The molecule has 1 heterocycles. The summed E-state index contributed by atoms with van der Waals surface area (Å²) in [4.78, 5) is 22.1. The van der Waals surface area contributed by atoms with Gasteiger partial charge in [0.15, 0.2) is 0 Å². The second kappa shape index (κ2) is 5.98. The van der Waals surface area contributed by atoms with Crippen molar-refractivity contribution in [2.45, 2.75) is 0 Å². The fourth-order valence-electron chi connectivity index (χ4n) is 1.32. The molecular formula is C11H4Br2FNO4S. The number of esters is 1. The molecule has 1 aromatic carbocycles. The number of hydrogen-bond acceptors (Lipinski definition) is 5. The van der Waals surface area contributed by atoms with Gasteiger partial charge in [-0.05, 0) is 44.0 Å². The van der Waals surface area contributed by atoms with Crippen LogP contribution in [-0.2, 0) is 0 Å². The molecule has 0 aliphatic rings. The van der Waals surface area contributed by atoms with Crippen LogP contribution in [0.2, 0.25) is 0 Å². The summed E-state index contributed by atoms with van der Waals surface area (Å²) in [6.07, 6.45) is 0. The van der Waals surface area contributed by atoms with Crippen LogP contribution in [0.25, 0.3) is 0 Å². The van der Waals surface area contributed by atoms with Gasteiger partial charge in [0.25, 0.3) is 0 Å². The van der Waals surface area contributed by atoms with Crippen molar-refractivity contribution < 1.29 is 18.8 Å². The molecule has 0 N–H and O–H groups in total. The molecule has 0 radical (unpaired) electrons. The Hall–Kier alpha value is -1.32. The average molecular weight is 425 g/mol. The second-order valence-corrected chi connectivity index (χ2v) is 6.72. The molecule has 0 saturated heterocycles. The molecular weight excluding hydrogens is 421 g/mol. The van der Waals surface area contributed by atoms with Crippen LogP contribution >= 0.6 is 43.2 Å². The number of carbonyl (C=O) groups is 1. The summed E-state index contributed by atoms with van der Waals surface area (Å²) in [7, 11) is 0. The summed E-state index contributed by atoms with van der Waals surface area (Å²) in [5, 5.41) is 10.8. The fourth-order valence-corrected chi connectivity index (χ4v) is 3.23. The van der Waals surface area contributed by atoms with Crippen molar-refractivity contribution in [2.24, 2.45) is 0 Å². The van der Waals surface area contributed by atoms with E-state index in [1.807, 2.05) is 0 Å². The van der Waals surface area contributed by atoms with Crippen LogP contribution < -0.4 is 4.74 Å². The van der Waals surface area contributed by atoms with Gasteiger partial charge in [0.05, 0.1) is 8.71 Å². The molecule has 104 valence electrons. The van der Waals surface area contributed by atoms with Crippen molar-refractivity contribution >= 4 is 54.9 Å². The number of thiophene rings is 1. The van der Waals surface area contributed by atoms with Crippen LogP contribution in [0.5, 0.6) is 5.75 Å². The summed E-state index contributed by atoms with van der Waals surface area (Å²) in [6.45, 7) is 0. The Kier molecular flexibility index (Phi) is 4.51. The Morgan fingerprint density at radius 1 is 1.35 bits per heavy atom. The van der Waals surface area contributed by atoms with Crippen LogP contribution in [0.4, 0.5) is 10.1 Å². The zero-order valence-electron chi connectivity index (χ0n) is 9.43. The SMILES string of the molecule is O=C(Oc1cc(F)ccc1[N+](=O)[O-])c1cc(Br)c(Br)s1. The van der Waals surface area contributed by atoms with Crippen molar-refractivity contribution in [3.8, 4) is 5.75 Å². The van der Waals surface area contributed by atoms with E-state index in [9.17, 15) is 19.3 Å². The Morgan fingerprint density at radius 2 is 2.05 bits per heavy atom. The molecule has 2 rings (SSSR count). The molecule has 20 heavy (non-hydrogen) atoms. The van der Waals surface area contributed by atoms with Crippen LogP contribution in [0.1, 0.15) is 9.67 Å². The van der Waals surface area contributed by atoms with Crippen molar-refractivity contribution in [2.75, 3.05) is 0 Å². The first-order valence-corrected chi connectivity index (χ1v) is 7.39. The quantitative estimate of drug-likeness (QED) is 0.314. The highest BCUT2D eigenvalue weighted by Gasteiger charge is 2.21. The lowest BCUT2D eigenvalue weighted by Gasteiger charge is -2.03. The number of carbonyl (C=O) groups excluding carboxylic acids is 1. The topological polar surface area (TPSA) is 69.4 Å². The first kappa shape index (κ1) is 15.1. The molecule has 0 spiro atoms. The first-order valence-electron chi connectivity index (χ1n) is 4.99. The summed E-state index contributed by atoms with van der Waals surface area (Å²) >= 11 is 7.51. The number of rotatable bonds is 3. The van der Waals surface area contributed by atoms with Gasteiger partial charge < -0.3 is 4.74 Å². The summed E-state index contributed by atoms with van der Waals surface area (Å²) in [5.41, 5.74) is -0.477. The zero-order chi connectivity index (χ0) is 14.9. The zero-order valence-corrected chi connectivity index (χ0v) is 13.4. The molecule has 0 aliphatic heterocycles. The number of nitro groups is 1. The summed E-state index contributed by atoms with van der Waals surface area (Å²) < 4.78 is 19.3. The molecule has 9 heteroatoms. The Balaban J connectivity index is 2.32. The predicted molar refractivity (Wildman–Crippen MR) is 77.7 cm³/mol. The molecule has 1 aromatic heterocycles. The fraction of sp³-hybridized carbons (Fsp3) is 0. The van der Waals surface area contributed by atoms with Gasteiger partial charge in [0.1, 0.15) is 10.7 Å². The van der Waals surface area contributed by atoms with Crippen molar-refractivity contribution in [1.29, 1.82) is 0 Å². The predicted octanol–water partition coefficient (Wildman–Crippen LogP) is 4.54. The van der Waals surface area contributed by atoms with Crippen LogP contribution in [-0.4, -0.2) is 10.9 Å². The molecule has 0 fully saturated rings. The van der Waals surface area contributed by atoms with E-state index in [2.05, 4.69) is 31.9 Å². The normalized spacial score (nSPS) is 10.3. The number of benzene rings is 1. The van der Waals surface area contributed by atoms with Gasteiger partial charge in [-0.1, -0.05) is 0 Å². The van der Waals surface area contributed by atoms with Crippen LogP contribution in [0, 0.1) is 15.9 Å². The second-order valence-electron chi connectivity index (χ2n) is 3.49. The van der Waals surface area contributed by atoms with E-state index < -0.39 is 28.1 Å². The van der Waals surface area contributed by atoms with Crippen LogP contribution in [0.15, 0.2) is 32.5 Å². The Bertz CT molecular complexity index is 684. The van der Waals surface area contributed by atoms with E-state index >= 15 is 0 Å². The van der Waals surface area contributed by atoms with Crippen molar-refractivity contribution in [3.05, 3.63) is 53.3 Å². The number of nitrogens with zero attached hydrogens (tertiary/aromatic N) is 1. The molecule has 0 aliphatic carbocycles. The Labute approximate surface area is 132 Å². The van der Waals surface area contributed by atoms with E-state index in [1.54, 1.807) is 0 Å². The molecule has 0 bridgehead atoms. The van der Waals surface area contributed by atoms with Gasteiger partial charge in [-0.15, -0.1) is 11.3 Å². The number of ether oxygens (including phenoxy) is 1. The van der Waals surface area contributed by atoms with Crippen molar-refractivity contribution in [3.63, 3.8) is 0 Å². The third-order valence-corrected chi connectivity index (χ3v) is 5.40. The first-order chi connectivity index (χ1) is 9.38. The maximum Gasteiger partial charge on any atom is 0.354 e. The number of hydrogen-bond donors (Lipinski definition) is 0. The Morgan fingerprint density at radius 3 is 2.60 bits per heavy atom. The molecule has 2 aromatic rings. The highest BCUT2D eigenvalue weighted by molar-refractivity contribution is 9.13. The van der Waals surface area contributed by atoms with Gasteiger partial charge in [-0.25, -0.2) is 9.18 Å². The van der Waals surface area contributed by atoms with Gasteiger partial charge in [0, 0.05) is 16.6 Å². The minimum atomic E-state index is -0.796. The molecule has 0 unspecified atom stereocenters. The summed E-state index contributed by atoms with van der Waals surface area (Å²) in [5.74, 6) is -1.96. The average Bonchev–Trinajstić information content (AvgIpc) is 2.69. The highest BCUT2D eigenvalue weighted by atomic mass is 79.9. The monoisotopic (exact) mass is 423 g/mol. The van der Waals surface area contributed by atoms with E-state index in [0.717, 1.165) is 29.5 Å². The number of halogens is 3. The summed E-state index contributed by atoms with van der Waals surface area (Å²) in [6, 6.07) is 4.17. The lowest BCUT2D eigenvalue weighted by molar-refractivity contribution is -0.385. The minimum Gasteiger partial charge on any atom is -0.415 e. The van der Waals surface area contributed by atoms with E-state index in [0.29, 0.717) is 8.26 Å². The number of nitro benzene ring substituents is 1. The van der Waals surface area contributed by atoms with Crippen LogP contribution in [0.3, 0.4) is 0 Å². The third kappa shape index (κ3) is 3.22. The maximum atomic E-state index is 13.1. The van der Waals surface area contributed by atoms with Crippen molar-refractivity contribution in [1.82, 2.24) is 0 Å². The van der Waals surface area contributed by atoms with Gasteiger partial charge in [-0.2, -0.15) is 0 Å². The molecule has 0 amide bonds. The smallest absolute Gasteiger partial charge is 0.354 e. The van der Waals surface area contributed by atoms with E-state index in [4.69, 9.17) is 4.74 Å². The van der Waals surface area contributed by atoms with Gasteiger partial charge >= 0.3 is 11.7 Å². The standard InChI is InChI=1S/C11H4Br2FNO4S/c12-6-4-9(20-10(6)13)11(16)19-8-3-5(14)1-2-7(8)15(17)18/h1-4H. The minimum absolute atomic E-state index is 0.224. The molecule has 0 atom stereocenters. The molecule has 5 nitrogen and oxygen atoms in total. The maximum absolute atomic E-state index is 13.1. The van der Waals surface area contributed by atoms with Gasteiger partial charge in [0.2, 0.25) is 5.75 Å². The van der Waals surface area contributed by atoms with Gasteiger partial charge in [-0.3, -0.25) is 10.1 Å². The lowest BCUT2D eigenvalue weighted by atomic mass is 10.3. The molecule has 0 saturated carbocycles. The highest BCUT2D eigenvalue weighted by Crippen LogP contribution is 2.34. The lowest BCUT2D eigenvalue weighted by Crippen LogP contribution is -2.08. The third-order valence-electron chi connectivity index (χ3n) is 2.17. The largest absolute Gasteiger partial charge is 0.415 e.